The molecule has 0 saturated carbocycles. The van der Waals surface area contributed by atoms with Crippen LogP contribution in [-0.2, 0) is 6.54 Å². The summed E-state index contributed by atoms with van der Waals surface area (Å²) < 4.78 is 0. The van der Waals surface area contributed by atoms with Gasteiger partial charge in [0.25, 0.3) is 0 Å². The van der Waals surface area contributed by atoms with Gasteiger partial charge in [-0.1, -0.05) is 6.92 Å². The number of hydrogen-bond acceptors (Lipinski definition) is 4. The van der Waals surface area contributed by atoms with Crippen LogP contribution in [0.5, 0.6) is 0 Å². The van der Waals surface area contributed by atoms with Crippen LogP contribution in [0.1, 0.15) is 40.6 Å². The van der Waals surface area contributed by atoms with E-state index in [0.717, 1.165) is 35.1 Å². The molecule has 4 heteroatoms. The molecule has 14 heavy (non-hydrogen) atoms. The summed E-state index contributed by atoms with van der Waals surface area (Å²) >= 11 is 1.49. The third-order valence-corrected chi connectivity index (χ3v) is 3.12. The van der Waals surface area contributed by atoms with Crippen LogP contribution >= 0.6 is 11.3 Å². The maximum atomic E-state index is 11.2. The van der Waals surface area contributed by atoms with Crippen molar-refractivity contribution in [3.8, 4) is 0 Å². The summed E-state index contributed by atoms with van der Waals surface area (Å²) in [6.07, 6.45) is 1.12. The predicted molar refractivity (Wildman–Crippen MR) is 58.9 cm³/mol. The van der Waals surface area contributed by atoms with Crippen molar-refractivity contribution in [1.29, 1.82) is 0 Å². The van der Waals surface area contributed by atoms with Crippen LogP contribution in [0.4, 0.5) is 0 Å². The highest BCUT2D eigenvalue weighted by molar-refractivity contribution is 7.13. The van der Waals surface area contributed by atoms with E-state index in [4.69, 9.17) is 0 Å². The summed E-state index contributed by atoms with van der Waals surface area (Å²) in [6.45, 7) is 7.36. The lowest BCUT2D eigenvalue weighted by Crippen LogP contribution is -2.13. The Balaban J connectivity index is 2.62. The van der Waals surface area contributed by atoms with E-state index in [0.29, 0.717) is 0 Å². The lowest BCUT2D eigenvalue weighted by molar-refractivity contribution is 0.102. The number of hydrogen-bond donors (Lipinski definition) is 1. The number of aryl methyl sites for hydroxylation is 1. The standard InChI is InChI=1S/C10H16N2OS/c1-4-5-11-6-9-12-7(2)10(14-9)8(3)13/h11H,4-6H2,1-3H3. The van der Waals surface area contributed by atoms with Gasteiger partial charge in [-0.25, -0.2) is 4.98 Å². The molecule has 0 bridgehead atoms. The van der Waals surface area contributed by atoms with Gasteiger partial charge in [0.05, 0.1) is 10.6 Å². The normalized spacial score (nSPS) is 10.5. The van der Waals surface area contributed by atoms with Gasteiger partial charge in [0, 0.05) is 13.5 Å². The van der Waals surface area contributed by atoms with Gasteiger partial charge in [0.2, 0.25) is 0 Å². The van der Waals surface area contributed by atoms with E-state index in [9.17, 15) is 4.79 Å². The summed E-state index contributed by atoms with van der Waals surface area (Å²) in [7, 11) is 0. The molecule has 78 valence electrons. The molecular formula is C10H16N2OS. The molecule has 1 rings (SSSR count). The maximum absolute atomic E-state index is 11.2. The monoisotopic (exact) mass is 212 g/mol. The van der Waals surface area contributed by atoms with E-state index < -0.39 is 0 Å². The molecule has 0 aliphatic heterocycles. The van der Waals surface area contributed by atoms with Crippen LogP contribution in [0.15, 0.2) is 0 Å². The minimum absolute atomic E-state index is 0.113. The van der Waals surface area contributed by atoms with E-state index >= 15 is 0 Å². The third kappa shape index (κ3) is 2.89. The second-order valence-corrected chi connectivity index (χ2v) is 4.34. The van der Waals surface area contributed by atoms with Gasteiger partial charge >= 0.3 is 0 Å². The van der Waals surface area contributed by atoms with Crippen LogP contribution in [-0.4, -0.2) is 17.3 Å². The molecule has 1 aromatic rings. The molecule has 0 aliphatic rings. The highest BCUT2D eigenvalue weighted by Crippen LogP contribution is 2.18. The van der Waals surface area contributed by atoms with Crippen molar-refractivity contribution < 1.29 is 4.79 Å². The summed E-state index contributed by atoms with van der Waals surface area (Å²) in [5, 5.41) is 4.27. The highest BCUT2D eigenvalue weighted by Gasteiger charge is 2.10. The van der Waals surface area contributed by atoms with Gasteiger partial charge < -0.3 is 5.32 Å². The molecule has 1 heterocycles. The first kappa shape index (κ1) is 11.3. The van der Waals surface area contributed by atoms with Crippen molar-refractivity contribution in [1.82, 2.24) is 10.3 Å². The zero-order valence-electron chi connectivity index (χ0n) is 8.89. The number of Topliss-reactive ketones (excluding diaryl/α,β-unsaturated/α-hetero) is 1. The van der Waals surface area contributed by atoms with E-state index in [1.54, 1.807) is 6.92 Å². The molecule has 1 N–H and O–H groups in total. The second-order valence-electron chi connectivity index (χ2n) is 3.26. The molecule has 0 amide bonds. The highest BCUT2D eigenvalue weighted by atomic mass is 32.1. The minimum atomic E-state index is 0.113. The van der Waals surface area contributed by atoms with Crippen molar-refractivity contribution in [2.45, 2.75) is 33.7 Å². The average molecular weight is 212 g/mol. The number of nitrogens with one attached hydrogen (secondary N) is 1. The van der Waals surface area contributed by atoms with Gasteiger partial charge in [-0.05, 0) is 19.9 Å². The fourth-order valence-corrected chi connectivity index (χ4v) is 2.16. The molecule has 0 unspecified atom stereocenters. The topological polar surface area (TPSA) is 42.0 Å². The molecule has 3 nitrogen and oxygen atoms in total. The quantitative estimate of drug-likeness (QED) is 0.600. The maximum Gasteiger partial charge on any atom is 0.171 e. The average Bonchev–Trinajstić information content (AvgIpc) is 2.47. The molecule has 0 spiro atoms. The molecule has 0 fully saturated rings. The number of ketones is 1. The Morgan fingerprint density at radius 3 is 2.79 bits per heavy atom. The lowest BCUT2D eigenvalue weighted by atomic mass is 10.3. The number of aromatic nitrogens is 1. The first-order valence-corrected chi connectivity index (χ1v) is 5.64. The zero-order valence-corrected chi connectivity index (χ0v) is 9.70. The molecule has 0 aliphatic carbocycles. The molecule has 0 saturated heterocycles. The van der Waals surface area contributed by atoms with Gasteiger partial charge in [-0.2, -0.15) is 0 Å². The van der Waals surface area contributed by atoms with E-state index in [-0.39, 0.29) is 5.78 Å². The van der Waals surface area contributed by atoms with Crippen molar-refractivity contribution in [3.05, 3.63) is 15.6 Å². The Hall–Kier alpha value is -0.740. The largest absolute Gasteiger partial charge is 0.310 e. The SMILES string of the molecule is CCCNCc1nc(C)c(C(C)=O)s1. The van der Waals surface area contributed by atoms with Gasteiger partial charge in [-0.15, -0.1) is 11.3 Å². The Bertz CT molecular complexity index is 320. The molecule has 0 radical (unpaired) electrons. The number of carbonyl (C=O) groups excluding carboxylic acids is 1. The lowest BCUT2D eigenvalue weighted by Gasteiger charge is -1.97. The Labute approximate surface area is 88.6 Å². The van der Waals surface area contributed by atoms with E-state index in [1.165, 1.54) is 11.3 Å². The smallest absolute Gasteiger partial charge is 0.171 e. The first-order chi connectivity index (χ1) is 6.65. The number of carbonyl (C=O) groups is 1. The fourth-order valence-electron chi connectivity index (χ4n) is 1.23. The second kappa shape index (κ2) is 5.22. The summed E-state index contributed by atoms with van der Waals surface area (Å²) in [5.74, 6) is 0.113. The van der Waals surface area contributed by atoms with Crippen molar-refractivity contribution in [2.75, 3.05) is 6.54 Å². The van der Waals surface area contributed by atoms with Crippen LogP contribution in [0.25, 0.3) is 0 Å². The van der Waals surface area contributed by atoms with Crippen LogP contribution in [0.3, 0.4) is 0 Å². The van der Waals surface area contributed by atoms with E-state index in [2.05, 4.69) is 17.2 Å². The van der Waals surface area contributed by atoms with Crippen LogP contribution < -0.4 is 5.32 Å². The third-order valence-electron chi connectivity index (χ3n) is 1.86. The predicted octanol–water partition coefficient (Wildman–Crippen LogP) is 2.15. The minimum Gasteiger partial charge on any atom is -0.310 e. The first-order valence-electron chi connectivity index (χ1n) is 4.83. The zero-order chi connectivity index (χ0) is 10.6. The van der Waals surface area contributed by atoms with Crippen molar-refractivity contribution in [3.63, 3.8) is 0 Å². The Kier molecular flexibility index (Phi) is 4.22. The fraction of sp³-hybridized carbons (Fsp3) is 0.600. The number of rotatable bonds is 5. The van der Waals surface area contributed by atoms with Crippen molar-refractivity contribution >= 4 is 17.1 Å². The Morgan fingerprint density at radius 1 is 1.57 bits per heavy atom. The Morgan fingerprint density at radius 2 is 2.29 bits per heavy atom. The number of nitrogens with zero attached hydrogens (tertiary/aromatic N) is 1. The van der Waals surface area contributed by atoms with Crippen molar-refractivity contribution in [2.24, 2.45) is 0 Å². The summed E-state index contributed by atoms with van der Waals surface area (Å²) in [6, 6.07) is 0. The molecular weight excluding hydrogens is 196 g/mol. The van der Waals surface area contributed by atoms with Crippen LogP contribution in [0.2, 0.25) is 0 Å². The summed E-state index contributed by atoms with van der Waals surface area (Å²) in [5.41, 5.74) is 0.857. The number of thiazole rings is 1. The van der Waals surface area contributed by atoms with Gasteiger partial charge in [0.15, 0.2) is 5.78 Å². The van der Waals surface area contributed by atoms with Gasteiger partial charge in [0.1, 0.15) is 5.01 Å². The van der Waals surface area contributed by atoms with Gasteiger partial charge in [-0.3, -0.25) is 4.79 Å². The van der Waals surface area contributed by atoms with E-state index in [1.807, 2.05) is 6.92 Å². The molecule has 1 aromatic heterocycles. The molecule has 0 atom stereocenters. The van der Waals surface area contributed by atoms with Crippen LogP contribution in [0, 0.1) is 6.92 Å². The summed E-state index contributed by atoms with van der Waals surface area (Å²) in [4.78, 5) is 16.3. The molecule has 0 aromatic carbocycles.